The molecule has 0 aliphatic rings. The molecule has 0 N–H and O–H groups in total. The zero-order chi connectivity index (χ0) is 16.1. The van der Waals surface area contributed by atoms with E-state index in [0.717, 1.165) is 11.5 Å². The highest BCUT2D eigenvalue weighted by molar-refractivity contribution is 5.22. The Bertz CT molecular complexity index is 552. The minimum atomic E-state index is -0.765. The van der Waals surface area contributed by atoms with Gasteiger partial charge >= 0.3 is 0 Å². The molecule has 0 radical (unpaired) electrons. The third-order valence-corrected chi connectivity index (χ3v) is 2.75. The monoisotopic (exact) mass is 298 g/mol. The molecule has 0 aliphatic heterocycles. The molecule has 2 rings (SSSR count). The molecule has 0 amide bonds. The van der Waals surface area contributed by atoms with Crippen LogP contribution in [0.15, 0.2) is 70.9 Å². The Morgan fingerprint density at radius 1 is 0.591 bits per heavy atom. The van der Waals surface area contributed by atoms with E-state index in [0.29, 0.717) is 0 Å². The number of benzene rings is 2. The van der Waals surface area contributed by atoms with E-state index in [-0.39, 0.29) is 0 Å². The summed E-state index contributed by atoms with van der Waals surface area (Å²) < 4.78 is 11.7. The summed E-state index contributed by atoms with van der Waals surface area (Å²) in [5, 5.41) is 8.59. The molecule has 116 valence electrons. The largest absolute Gasteiger partial charge is 0.465 e. The van der Waals surface area contributed by atoms with E-state index in [2.05, 4.69) is 10.2 Å². The third-order valence-electron chi connectivity index (χ3n) is 2.75. The predicted octanol–water partition coefficient (Wildman–Crippen LogP) is 5.07. The zero-order valence-corrected chi connectivity index (χ0v) is 13.5. The van der Waals surface area contributed by atoms with Gasteiger partial charge in [-0.25, -0.2) is 0 Å². The van der Waals surface area contributed by atoms with Crippen LogP contribution in [-0.2, 0) is 0 Å². The van der Waals surface area contributed by atoms with Gasteiger partial charge < -0.3 is 9.47 Å². The molecule has 0 saturated heterocycles. The van der Waals surface area contributed by atoms with E-state index in [9.17, 15) is 0 Å². The number of ether oxygens (including phenoxy) is 2. The van der Waals surface area contributed by atoms with Crippen molar-refractivity contribution in [3.63, 3.8) is 0 Å². The molecule has 0 aliphatic carbocycles. The van der Waals surface area contributed by atoms with E-state index >= 15 is 0 Å². The first kappa shape index (κ1) is 16.0. The molecule has 22 heavy (non-hydrogen) atoms. The maximum absolute atomic E-state index is 5.83. The lowest BCUT2D eigenvalue weighted by atomic mass is 10.3. The fourth-order valence-corrected chi connectivity index (χ4v) is 1.84. The summed E-state index contributed by atoms with van der Waals surface area (Å²) in [6.07, 6.45) is 0. The summed E-state index contributed by atoms with van der Waals surface area (Å²) in [4.78, 5) is 0. The number of rotatable bonds is 6. The summed E-state index contributed by atoms with van der Waals surface area (Å²) in [5.41, 5.74) is -1.53. The fraction of sp³-hybridized carbons (Fsp3) is 0.333. The van der Waals surface area contributed by atoms with Gasteiger partial charge in [-0.2, -0.15) is 0 Å². The molecule has 0 unspecified atom stereocenters. The average molecular weight is 298 g/mol. The van der Waals surface area contributed by atoms with Gasteiger partial charge in [0, 0.05) is 0 Å². The second-order valence-corrected chi connectivity index (χ2v) is 5.92. The molecule has 4 heteroatoms. The Morgan fingerprint density at radius 2 is 0.909 bits per heavy atom. The Balaban J connectivity index is 2.02. The Labute approximate surface area is 131 Å². The van der Waals surface area contributed by atoms with Crippen LogP contribution < -0.4 is 9.47 Å². The standard InChI is InChI=1S/C18H22N2O2/c1-17(2,21-15-11-7-5-8-12-15)19-20-18(3,4)22-16-13-9-6-10-14-16/h5-14H,1-4H3. The molecule has 0 aromatic heterocycles. The summed E-state index contributed by atoms with van der Waals surface area (Å²) >= 11 is 0. The van der Waals surface area contributed by atoms with Crippen LogP contribution in [0, 0.1) is 0 Å². The lowest BCUT2D eigenvalue weighted by Gasteiger charge is -2.25. The lowest BCUT2D eigenvalue weighted by molar-refractivity contribution is 0.0720. The van der Waals surface area contributed by atoms with Crippen molar-refractivity contribution in [1.82, 2.24) is 0 Å². The minimum absolute atomic E-state index is 0.758. The van der Waals surface area contributed by atoms with Crippen LogP contribution in [0.25, 0.3) is 0 Å². The molecule has 0 spiro atoms. The molecule has 4 nitrogen and oxygen atoms in total. The van der Waals surface area contributed by atoms with E-state index in [1.807, 2.05) is 88.4 Å². The average Bonchev–Trinajstić information content (AvgIpc) is 2.47. The van der Waals surface area contributed by atoms with Crippen LogP contribution in [0.4, 0.5) is 0 Å². The second kappa shape index (κ2) is 6.60. The van der Waals surface area contributed by atoms with Crippen molar-refractivity contribution in [3.05, 3.63) is 60.7 Å². The summed E-state index contributed by atoms with van der Waals surface area (Å²) in [6, 6.07) is 19.1. The number of azo groups is 1. The molecule has 2 aromatic carbocycles. The number of para-hydroxylation sites is 2. The number of hydrogen-bond acceptors (Lipinski definition) is 4. The quantitative estimate of drug-likeness (QED) is 0.699. The highest BCUT2D eigenvalue weighted by Crippen LogP contribution is 2.23. The molecule has 0 saturated carbocycles. The minimum Gasteiger partial charge on any atom is -0.465 e. The van der Waals surface area contributed by atoms with Crippen LogP contribution in [0.5, 0.6) is 11.5 Å². The summed E-state index contributed by atoms with van der Waals surface area (Å²) in [7, 11) is 0. The Hall–Kier alpha value is -2.36. The van der Waals surface area contributed by atoms with Gasteiger partial charge in [0.1, 0.15) is 11.5 Å². The van der Waals surface area contributed by atoms with Crippen molar-refractivity contribution in [2.24, 2.45) is 10.2 Å². The Kier molecular flexibility index (Phi) is 4.81. The van der Waals surface area contributed by atoms with E-state index in [4.69, 9.17) is 9.47 Å². The normalized spacial score (nSPS) is 12.4. The molecule has 0 heterocycles. The van der Waals surface area contributed by atoms with Crippen LogP contribution in [0.3, 0.4) is 0 Å². The van der Waals surface area contributed by atoms with Crippen molar-refractivity contribution in [2.75, 3.05) is 0 Å². The SMILES string of the molecule is CC(C)(N=NC(C)(C)Oc1ccccc1)Oc1ccccc1. The third kappa shape index (κ3) is 5.20. The number of nitrogens with zero attached hydrogens (tertiary/aromatic N) is 2. The van der Waals surface area contributed by atoms with E-state index in [1.54, 1.807) is 0 Å². The van der Waals surface area contributed by atoms with Crippen molar-refractivity contribution in [1.29, 1.82) is 0 Å². The molecule has 2 aromatic rings. The summed E-state index contributed by atoms with van der Waals surface area (Å²) in [5.74, 6) is 1.52. The predicted molar refractivity (Wildman–Crippen MR) is 87.2 cm³/mol. The number of hydrogen-bond donors (Lipinski definition) is 0. The molecule has 0 fully saturated rings. The van der Waals surface area contributed by atoms with Gasteiger partial charge in [0.05, 0.1) is 0 Å². The highest BCUT2D eigenvalue weighted by Gasteiger charge is 2.23. The van der Waals surface area contributed by atoms with Crippen molar-refractivity contribution in [3.8, 4) is 11.5 Å². The van der Waals surface area contributed by atoms with Crippen LogP contribution >= 0.6 is 0 Å². The zero-order valence-electron chi connectivity index (χ0n) is 13.5. The van der Waals surface area contributed by atoms with Crippen LogP contribution in [0.2, 0.25) is 0 Å². The summed E-state index contributed by atoms with van der Waals surface area (Å²) in [6.45, 7) is 7.45. The topological polar surface area (TPSA) is 43.2 Å². The molecular weight excluding hydrogens is 276 g/mol. The Morgan fingerprint density at radius 3 is 1.23 bits per heavy atom. The van der Waals surface area contributed by atoms with Gasteiger partial charge in [-0.1, -0.05) is 36.4 Å². The van der Waals surface area contributed by atoms with Crippen molar-refractivity contribution >= 4 is 0 Å². The van der Waals surface area contributed by atoms with Crippen molar-refractivity contribution in [2.45, 2.75) is 39.1 Å². The van der Waals surface area contributed by atoms with Gasteiger partial charge in [0.25, 0.3) is 0 Å². The smallest absolute Gasteiger partial charge is 0.213 e. The van der Waals surface area contributed by atoms with Gasteiger partial charge in [0.2, 0.25) is 11.4 Å². The fourth-order valence-electron chi connectivity index (χ4n) is 1.84. The van der Waals surface area contributed by atoms with E-state index in [1.165, 1.54) is 0 Å². The molecular formula is C18H22N2O2. The van der Waals surface area contributed by atoms with E-state index < -0.39 is 11.4 Å². The maximum Gasteiger partial charge on any atom is 0.213 e. The second-order valence-electron chi connectivity index (χ2n) is 5.92. The van der Waals surface area contributed by atoms with Gasteiger partial charge in [-0.3, -0.25) is 0 Å². The van der Waals surface area contributed by atoms with Crippen LogP contribution in [-0.4, -0.2) is 11.4 Å². The van der Waals surface area contributed by atoms with Gasteiger partial charge in [-0.05, 0) is 52.0 Å². The first-order valence-electron chi connectivity index (χ1n) is 7.29. The first-order chi connectivity index (χ1) is 10.4. The lowest BCUT2D eigenvalue weighted by Crippen LogP contribution is -2.29. The van der Waals surface area contributed by atoms with Gasteiger partial charge in [0.15, 0.2) is 0 Å². The van der Waals surface area contributed by atoms with Crippen LogP contribution in [0.1, 0.15) is 27.7 Å². The molecule has 0 bridgehead atoms. The highest BCUT2D eigenvalue weighted by atomic mass is 16.5. The first-order valence-corrected chi connectivity index (χ1v) is 7.29. The molecule has 0 atom stereocenters. The van der Waals surface area contributed by atoms with Gasteiger partial charge in [-0.15, -0.1) is 10.2 Å². The maximum atomic E-state index is 5.83. The van der Waals surface area contributed by atoms with Crippen molar-refractivity contribution < 1.29 is 9.47 Å².